The van der Waals surface area contributed by atoms with Crippen LogP contribution < -0.4 is 0 Å². The minimum absolute atomic E-state index is 0.144. The monoisotopic (exact) mass is 263 g/mol. The summed E-state index contributed by atoms with van der Waals surface area (Å²) in [4.78, 5) is 22.7. The molecular weight excluding hydrogens is 246 g/mol. The molecule has 0 unspecified atom stereocenters. The first-order valence-corrected chi connectivity index (χ1v) is 7.17. The van der Waals surface area contributed by atoms with Crippen LogP contribution in [0.4, 0.5) is 0 Å². The molecule has 98 valence electrons. The first-order valence-electron chi connectivity index (χ1n) is 5.60. The smallest absolute Gasteiger partial charge is 0.272 e. The van der Waals surface area contributed by atoms with Crippen LogP contribution in [0, 0.1) is 5.92 Å². The number of carbonyl (C=O) groups excluding carboxylic acids is 2. The van der Waals surface area contributed by atoms with Gasteiger partial charge in [0.05, 0.1) is 5.75 Å². The Morgan fingerprint density at radius 2 is 1.76 bits per heavy atom. The average molecular weight is 263 g/mol. The molecule has 0 aromatic rings. The fourth-order valence-electron chi connectivity index (χ4n) is 1.35. The Kier molecular flexibility index (Phi) is 4.64. The van der Waals surface area contributed by atoms with Gasteiger partial charge in [0.2, 0.25) is 0 Å². The summed E-state index contributed by atoms with van der Waals surface area (Å²) < 4.78 is 27.6. The maximum atomic E-state index is 11.5. The number of piperidine rings is 1. The molecular formula is C10H17NO5S. The third kappa shape index (κ3) is 4.43. The molecule has 0 N–H and O–H groups in total. The van der Waals surface area contributed by atoms with Crippen molar-refractivity contribution in [2.75, 3.05) is 5.75 Å². The van der Waals surface area contributed by atoms with Gasteiger partial charge in [-0.05, 0) is 18.8 Å². The SMILES string of the molecule is CC(C)CCS(=O)(=O)ON1C(=O)CCCC1=O. The molecule has 0 aliphatic carbocycles. The largest absolute Gasteiger partial charge is 0.288 e. The Hall–Kier alpha value is -0.950. The van der Waals surface area contributed by atoms with E-state index in [0.717, 1.165) is 0 Å². The van der Waals surface area contributed by atoms with Gasteiger partial charge in [0.1, 0.15) is 0 Å². The Balaban J connectivity index is 2.62. The van der Waals surface area contributed by atoms with Gasteiger partial charge in [0, 0.05) is 12.8 Å². The number of carbonyl (C=O) groups is 2. The Labute approximate surface area is 101 Å². The van der Waals surface area contributed by atoms with E-state index in [1.165, 1.54) is 0 Å². The van der Waals surface area contributed by atoms with Gasteiger partial charge >= 0.3 is 0 Å². The van der Waals surface area contributed by atoms with E-state index < -0.39 is 21.9 Å². The molecule has 0 spiro atoms. The van der Waals surface area contributed by atoms with E-state index in [1.54, 1.807) is 0 Å². The Morgan fingerprint density at radius 1 is 1.24 bits per heavy atom. The minimum Gasteiger partial charge on any atom is -0.272 e. The lowest BCUT2D eigenvalue weighted by atomic mass is 10.1. The predicted octanol–water partition coefficient (Wildman–Crippen LogP) is 0.833. The number of rotatable bonds is 5. The van der Waals surface area contributed by atoms with Gasteiger partial charge in [-0.3, -0.25) is 9.59 Å². The molecule has 0 aromatic heterocycles. The van der Waals surface area contributed by atoms with Crippen LogP contribution in [0.15, 0.2) is 0 Å². The second-order valence-electron chi connectivity index (χ2n) is 4.45. The maximum Gasteiger partial charge on any atom is 0.288 e. The summed E-state index contributed by atoms with van der Waals surface area (Å²) in [7, 11) is -3.86. The summed E-state index contributed by atoms with van der Waals surface area (Å²) in [6.07, 6.45) is 1.17. The summed E-state index contributed by atoms with van der Waals surface area (Å²) in [5, 5.41) is 0.388. The van der Waals surface area contributed by atoms with Gasteiger partial charge in [-0.1, -0.05) is 13.8 Å². The lowest BCUT2D eigenvalue weighted by Crippen LogP contribution is -2.42. The highest BCUT2D eigenvalue weighted by molar-refractivity contribution is 7.86. The molecule has 17 heavy (non-hydrogen) atoms. The van der Waals surface area contributed by atoms with Gasteiger partial charge in [-0.15, -0.1) is 9.35 Å². The highest BCUT2D eigenvalue weighted by Crippen LogP contribution is 2.15. The van der Waals surface area contributed by atoms with Crippen molar-refractivity contribution in [1.29, 1.82) is 0 Å². The van der Waals surface area contributed by atoms with Gasteiger partial charge in [-0.2, -0.15) is 8.42 Å². The Bertz CT molecular complexity index is 385. The molecule has 1 aliphatic heterocycles. The van der Waals surface area contributed by atoms with Crippen molar-refractivity contribution in [1.82, 2.24) is 5.06 Å². The van der Waals surface area contributed by atoms with Crippen LogP contribution in [0.5, 0.6) is 0 Å². The fraction of sp³-hybridized carbons (Fsp3) is 0.800. The second kappa shape index (κ2) is 5.59. The zero-order valence-corrected chi connectivity index (χ0v) is 10.8. The van der Waals surface area contributed by atoms with Crippen molar-refractivity contribution >= 4 is 21.9 Å². The predicted molar refractivity (Wildman–Crippen MR) is 60.0 cm³/mol. The molecule has 0 bridgehead atoms. The van der Waals surface area contributed by atoms with Gasteiger partial charge in [0.15, 0.2) is 0 Å². The highest BCUT2D eigenvalue weighted by atomic mass is 32.2. The van der Waals surface area contributed by atoms with Crippen molar-refractivity contribution in [3.8, 4) is 0 Å². The third-order valence-corrected chi connectivity index (χ3v) is 3.48. The number of nitrogens with zero attached hydrogens (tertiary/aromatic N) is 1. The lowest BCUT2D eigenvalue weighted by molar-refractivity contribution is -0.175. The summed E-state index contributed by atoms with van der Waals surface area (Å²) in [5.74, 6) is -1.16. The molecule has 7 heteroatoms. The quantitative estimate of drug-likeness (QED) is 0.686. The van der Waals surface area contributed by atoms with Gasteiger partial charge in [-0.25, -0.2) is 0 Å². The van der Waals surface area contributed by atoms with Crippen LogP contribution in [-0.4, -0.2) is 31.0 Å². The first kappa shape index (κ1) is 14.1. The van der Waals surface area contributed by atoms with Crippen molar-refractivity contribution in [2.24, 2.45) is 5.92 Å². The van der Waals surface area contributed by atoms with E-state index in [0.29, 0.717) is 17.9 Å². The van der Waals surface area contributed by atoms with E-state index in [1.807, 2.05) is 13.8 Å². The number of imide groups is 1. The molecule has 1 fully saturated rings. The second-order valence-corrected chi connectivity index (χ2v) is 6.13. The molecule has 0 radical (unpaired) electrons. The molecule has 6 nitrogen and oxygen atoms in total. The van der Waals surface area contributed by atoms with Crippen LogP contribution >= 0.6 is 0 Å². The number of hydrogen-bond donors (Lipinski definition) is 0. The summed E-state index contributed by atoms with van der Waals surface area (Å²) in [5.41, 5.74) is 0. The van der Waals surface area contributed by atoms with Crippen LogP contribution in [0.2, 0.25) is 0 Å². The molecule has 0 saturated carbocycles. The van der Waals surface area contributed by atoms with Crippen molar-refractivity contribution in [2.45, 2.75) is 39.5 Å². The zero-order valence-electron chi connectivity index (χ0n) is 10.0. The summed E-state index contributed by atoms with van der Waals surface area (Å²) in [6, 6.07) is 0. The third-order valence-electron chi connectivity index (χ3n) is 2.37. The molecule has 1 rings (SSSR count). The van der Waals surface area contributed by atoms with Crippen LogP contribution in [0.1, 0.15) is 39.5 Å². The molecule has 0 aromatic carbocycles. The maximum absolute atomic E-state index is 11.5. The molecule has 1 aliphatic rings. The van der Waals surface area contributed by atoms with E-state index >= 15 is 0 Å². The molecule has 1 saturated heterocycles. The van der Waals surface area contributed by atoms with E-state index in [9.17, 15) is 18.0 Å². The van der Waals surface area contributed by atoms with Gasteiger partial charge in [0.25, 0.3) is 21.9 Å². The van der Waals surface area contributed by atoms with Crippen molar-refractivity contribution in [3.63, 3.8) is 0 Å². The molecule has 2 amide bonds. The average Bonchev–Trinajstić information content (AvgIpc) is 2.21. The first-order chi connectivity index (χ1) is 7.82. The highest BCUT2D eigenvalue weighted by Gasteiger charge is 2.31. The molecule has 0 atom stereocenters. The van der Waals surface area contributed by atoms with Crippen molar-refractivity contribution < 1.29 is 22.3 Å². The Morgan fingerprint density at radius 3 is 2.24 bits per heavy atom. The number of amides is 2. The van der Waals surface area contributed by atoms with Gasteiger partial charge < -0.3 is 0 Å². The topological polar surface area (TPSA) is 80.8 Å². The minimum atomic E-state index is -3.86. The summed E-state index contributed by atoms with van der Waals surface area (Å²) in [6.45, 7) is 3.76. The van der Waals surface area contributed by atoms with Crippen molar-refractivity contribution in [3.05, 3.63) is 0 Å². The molecule has 1 heterocycles. The van der Waals surface area contributed by atoms with E-state index in [-0.39, 0.29) is 24.5 Å². The standard InChI is InChI=1S/C10H17NO5S/c1-8(2)6-7-17(14,15)16-11-9(12)4-3-5-10(11)13/h8H,3-7H2,1-2H3. The number of hydrogen-bond acceptors (Lipinski definition) is 5. The van der Waals surface area contributed by atoms with Crippen LogP contribution in [0.25, 0.3) is 0 Å². The number of hydroxylamine groups is 2. The normalized spacial score (nSPS) is 17.9. The zero-order chi connectivity index (χ0) is 13.1. The van der Waals surface area contributed by atoms with Crippen LogP contribution in [-0.2, 0) is 24.0 Å². The fourth-order valence-corrected chi connectivity index (χ4v) is 2.58. The van der Waals surface area contributed by atoms with E-state index in [2.05, 4.69) is 4.28 Å². The lowest BCUT2D eigenvalue weighted by Gasteiger charge is -2.22. The summed E-state index contributed by atoms with van der Waals surface area (Å²) >= 11 is 0. The van der Waals surface area contributed by atoms with E-state index in [4.69, 9.17) is 0 Å². The van der Waals surface area contributed by atoms with Crippen LogP contribution in [0.3, 0.4) is 0 Å².